The van der Waals surface area contributed by atoms with Gasteiger partial charge in [0.1, 0.15) is 17.2 Å². The lowest BCUT2D eigenvalue weighted by molar-refractivity contribution is -0.139. The number of carbonyl (C=O) groups excluding carboxylic acids is 1. The van der Waals surface area contributed by atoms with E-state index < -0.39 is 0 Å². The van der Waals surface area contributed by atoms with Crippen LogP contribution in [0.3, 0.4) is 0 Å². The summed E-state index contributed by atoms with van der Waals surface area (Å²) in [6, 6.07) is 26.6. The van der Waals surface area contributed by atoms with Gasteiger partial charge >= 0.3 is 0 Å². The van der Waals surface area contributed by atoms with Crippen molar-refractivity contribution in [2.24, 2.45) is 5.92 Å². The van der Waals surface area contributed by atoms with Crippen LogP contribution in [0.4, 0.5) is 0 Å². The van der Waals surface area contributed by atoms with Crippen LogP contribution in [-0.4, -0.2) is 26.4 Å². The smallest absolute Gasteiger partial charge is 0.226 e. The minimum atomic E-state index is -0.240. The number of aromatic amines is 1. The van der Waals surface area contributed by atoms with Crippen molar-refractivity contribution >= 4 is 5.91 Å². The molecule has 1 N–H and O–H groups in total. The van der Waals surface area contributed by atoms with Crippen LogP contribution in [0.15, 0.2) is 85.1 Å². The van der Waals surface area contributed by atoms with Crippen LogP contribution in [0.2, 0.25) is 0 Å². The lowest BCUT2D eigenvalue weighted by atomic mass is 9.91. The normalized spacial score (nSPS) is 16.2. The molecule has 2 heterocycles. The summed E-state index contributed by atoms with van der Waals surface area (Å²) >= 11 is 0. The van der Waals surface area contributed by atoms with E-state index in [1.807, 2.05) is 75.2 Å². The molecule has 5 rings (SSSR count). The maximum atomic E-state index is 13.9. The van der Waals surface area contributed by atoms with Crippen LogP contribution >= 0.6 is 0 Å². The zero-order valence-corrected chi connectivity index (χ0v) is 22.1. The summed E-state index contributed by atoms with van der Waals surface area (Å²) in [5.74, 6) is 1.66. The Morgan fingerprint density at radius 3 is 2.38 bits per heavy atom. The van der Waals surface area contributed by atoms with E-state index in [0.29, 0.717) is 13.0 Å². The highest BCUT2D eigenvalue weighted by molar-refractivity contribution is 5.79. The van der Waals surface area contributed by atoms with Crippen molar-refractivity contribution in [1.29, 1.82) is 0 Å². The Kier molecular flexibility index (Phi) is 6.88. The first-order chi connectivity index (χ1) is 17.8. The largest absolute Gasteiger partial charge is 0.488 e. The number of fused-ring (bicyclic) bond motifs is 1. The molecule has 4 aromatic rings. The summed E-state index contributed by atoms with van der Waals surface area (Å²) in [5.41, 5.74) is 5.42. The zero-order chi connectivity index (χ0) is 26.0. The lowest BCUT2D eigenvalue weighted by Crippen LogP contribution is -2.42. The minimum Gasteiger partial charge on any atom is -0.488 e. The minimum absolute atomic E-state index is 0.134. The van der Waals surface area contributed by atoms with Gasteiger partial charge in [0.15, 0.2) is 0 Å². The van der Waals surface area contributed by atoms with Crippen LogP contribution in [0.5, 0.6) is 5.75 Å². The van der Waals surface area contributed by atoms with Crippen molar-refractivity contribution in [3.8, 4) is 17.0 Å². The van der Waals surface area contributed by atoms with Crippen LogP contribution in [-0.2, 0) is 24.2 Å². The zero-order valence-electron chi connectivity index (χ0n) is 22.1. The molecule has 37 heavy (non-hydrogen) atoms. The molecule has 190 valence electrons. The molecule has 5 nitrogen and oxygen atoms in total. The first-order valence-electron chi connectivity index (χ1n) is 13.0. The highest BCUT2D eigenvalue weighted by atomic mass is 16.5. The molecule has 0 aliphatic carbocycles. The molecule has 0 spiro atoms. The summed E-state index contributed by atoms with van der Waals surface area (Å²) in [5, 5.41) is 0. The highest BCUT2D eigenvalue weighted by Crippen LogP contribution is 2.34. The van der Waals surface area contributed by atoms with Gasteiger partial charge in [0, 0.05) is 18.9 Å². The number of hydrogen-bond donors (Lipinski definition) is 1. The number of amides is 1. The number of H-pyrrole nitrogens is 1. The Bertz CT molecular complexity index is 1350. The second kappa shape index (κ2) is 10.3. The monoisotopic (exact) mass is 493 g/mol. The van der Waals surface area contributed by atoms with E-state index in [1.165, 1.54) is 11.1 Å². The highest BCUT2D eigenvalue weighted by Gasteiger charge is 2.34. The van der Waals surface area contributed by atoms with Gasteiger partial charge in [-0.05, 0) is 61.6 Å². The third-order valence-electron chi connectivity index (χ3n) is 6.84. The summed E-state index contributed by atoms with van der Waals surface area (Å²) in [7, 11) is 0. The summed E-state index contributed by atoms with van der Waals surface area (Å²) < 4.78 is 5.95. The summed E-state index contributed by atoms with van der Waals surface area (Å²) in [6.07, 6.45) is 3.29. The predicted octanol–water partition coefficient (Wildman–Crippen LogP) is 6.76. The number of rotatable bonds is 6. The second-order valence-corrected chi connectivity index (χ2v) is 11.0. The van der Waals surface area contributed by atoms with E-state index in [0.717, 1.165) is 34.8 Å². The number of ether oxygens (including phenoxy) is 1. The Balaban J connectivity index is 1.37. The molecule has 3 aromatic carbocycles. The molecule has 0 bridgehead atoms. The Hall–Kier alpha value is -3.86. The van der Waals surface area contributed by atoms with E-state index in [-0.39, 0.29) is 23.5 Å². The number of imidazole rings is 1. The average molecular weight is 494 g/mol. The molecule has 1 amide bonds. The number of aromatic nitrogens is 2. The molecule has 0 radical (unpaired) electrons. The Morgan fingerprint density at radius 2 is 1.68 bits per heavy atom. The van der Waals surface area contributed by atoms with Crippen molar-refractivity contribution in [1.82, 2.24) is 14.9 Å². The maximum Gasteiger partial charge on any atom is 0.226 e. The van der Waals surface area contributed by atoms with Gasteiger partial charge in [-0.2, -0.15) is 0 Å². The van der Waals surface area contributed by atoms with E-state index in [2.05, 4.69) is 47.4 Å². The van der Waals surface area contributed by atoms with Crippen LogP contribution < -0.4 is 4.74 Å². The summed E-state index contributed by atoms with van der Waals surface area (Å²) in [4.78, 5) is 24.1. The number of nitrogens with zero attached hydrogens (tertiary/aromatic N) is 2. The topological polar surface area (TPSA) is 58.2 Å². The maximum absolute atomic E-state index is 13.9. The van der Waals surface area contributed by atoms with E-state index in [4.69, 9.17) is 9.72 Å². The third kappa shape index (κ3) is 5.77. The lowest BCUT2D eigenvalue weighted by Gasteiger charge is -2.37. The van der Waals surface area contributed by atoms with Gasteiger partial charge in [-0.1, -0.05) is 73.7 Å². The first-order valence-corrected chi connectivity index (χ1v) is 13.0. The van der Waals surface area contributed by atoms with Gasteiger partial charge in [0.2, 0.25) is 5.91 Å². The SMILES string of the molecule is C[C@@H](Cc1ccc(OC(C)(C)C)cc1)C(=O)N1Cc2ccccc2C[C@H]1c1ncc(-c2ccccc2)[nH]1. The van der Waals surface area contributed by atoms with Gasteiger partial charge in [-0.25, -0.2) is 4.98 Å². The molecule has 0 saturated carbocycles. The molecule has 0 unspecified atom stereocenters. The van der Waals surface area contributed by atoms with Crippen molar-refractivity contribution in [2.75, 3.05) is 0 Å². The molecule has 0 fully saturated rings. The molecule has 5 heteroatoms. The number of hydrogen-bond acceptors (Lipinski definition) is 3. The molecule has 1 aliphatic rings. The fourth-order valence-electron chi connectivity index (χ4n) is 5.04. The van der Waals surface area contributed by atoms with Crippen LogP contribution in [0.25, 0.3) is 11.3 Å². The second-order valence-electron chi connectivity index (χ2n) is 11.0. The molecule has 2 atom stereocenters. The van der Waals surface area contributed by atoms with Crippen LogP contribution in [0.1, 0.15) is 56.3 Å². The summed E-state index contributed by atoms with van der Waals surface area (Å²) in [6.45, 7) is 8.73. The fourth-order valence-corrected chi connectivity index (χ4v) is 5.04. The van der Waals surface area contributed by atoms with Crippen molar-refractivity contribution in [3.63, 3.8) is 0 Å². The van der Waals surface area contributed by atoms with Gasteiger partial charge in [-0.15, -0.1) is 0 Å². The van der Waals surface area contributed by atoms with Gasteiger partial charge in [0.25, 0.3) is 0 Å². The molecule has 1 aliphatic heterocycles. The number of benzene rings is 3. The first kappa shape index (κ1) is 24.8. The van der Waals surface area contributed by atoms with Crippen molar-refractivity contribution in [3.05, 3.63) is 108 Å². The quantitative estimate of drug-likeness (QED) is 0.323. The average Bonchev–Trinajstić information content (AvgIpc) is 3.38. The van der Waals surface area contributed by atoms with Crippen molar-refractivity contribution in [2.45, 2.75) is 58.7 Å². The van der Waals surface area contributed by atoms with Gasteiger partial charge < -0.3 is 14.6 Å². The standard InChI is InChI=1S/C32H35N3O2/c1-22(18-23-14-16-27(17-15-23)37-32(2,3)4)31(36)35-21-26-13-9-8-12-25(26)19-29(35)30-33-20-28(34-30)24-10-6-5-7-11-24/h5-17,20,22,29H,18-19,21H2,1-4H3,(H,33,34)/t22-,29-/m0/s1. The van der Waals surface area contributed by atoms with Crippen LogP contribution in [0, 0.1) is 5.92 Å². The Labute approximate surface area is 219 Å². The molecule has 0 saturated heterocycles. The van der Waals surface area contributed by atoms with E-state index in [9.17, 15) is 4.79 Å². The predicted molar refractivity (Wildman–Crippen MR) is 147 cm³/mol. The van der Waals surface area contributed by atoms with Crippen molar-refractivity contribution < 1.29 is 9.53 Å². The fraction of sp³-hybridized carbons (Fsp3) is 0.312. The molecular formula is C32H35N3O2. The number of nitrogens with one attached hydrogen (secondary N) is 1. The number of carbonyl (C=O) groups is 1. The third-order valence-corrected chi connectivity index (χ3v) is 6.84. The van der Waals surface area contributed by atoms with E-state index in [1.54, 1.807) is 0 Å². The molecular weight excluding hydrogens is 458 g/mol. The van der Waals surface area contributed by atoms with Gasteiger partial charge in [0.05, 0.1) is 17.9 Å². The van der Waals surface area contributed by atoms with Gasteiger partial charge in [-0.3, -0.25) is 4.79 Å². The van der Waals surface area contributed by atoms with E-state index >= 15 is 0 Å². The Morgan fingerprint density at radius 1 is 1.00 bits per heavy atom. The molecule has 1 aromatic heterocycles.